The van der Waals surface area contributed by atoms with E-state index >= 15 is 0 Å². The molecule has 0 aliphatic rings. The molecule has 0 unspecified atom stereocenters. The lowest BCUT2D eigenvalue weighted by molar-refractivity contribution is 1.24. The van der Waals surface area contributed by atoms with E-state index in [0.29, 0.717) is 0 Å². The Hall–Kier alpha value is -1.90. The zero-order valence-electron chi connectivity index (χ0n) is 6.90. The number of hydrogen-bond donors (Lipinski definition) is 1. The van der Waals surface area contributed by atoms with Crippen LogP contribution < -0.4 is 5.43 Å². The molecular formula is C10H8N2O. The Bertz CT molecular complexity index is 448. The second-order valence-electron chi connectivity index (χ2n) is 2.65. The Labute approximate surface area is 75.1 Å². The van der Waals surface area contributed by atoms with Crippen molar-refractivity contribution in [3.05, 3.63) is 52.9 Å². The van der Waals surface area contributed by atoms with Gasteiger partial charge < -0.3 is 4.98 Å². The molecule has 0 spiro atoms. The Morgan fingerprint density at radius 2 is 2.15 bits per heavy atom. The van der Waals surface area contributed by atoms with E-state index in [2.05, 4.69) is 9.97 Å². The SMILES string of the molecule is O=c1cc[nH]c(-c2ccccn2)c1. The van der Waals surface area contributed by atoms with Crippen LogP contribution in [-0.2, 0) is 0 Å². The summed E-state index contributed by atoms with van der Waals surface area (Å²) < 4.78 is 0. The van der Waals surface area contributed by atoms with Crippen LogP contribution in [0.15, 0.2) is 47.5 Å². The predicted octanol–water partition coefficient (Wildman–Crippen LogP) is 1.44. The molecule has 0 atom stereocenters. The molecule has 2 heterocycles. The van der Waals surface area contributed by atoms with Gasteiger partial charge in [-0.25, -0.2) is 0 Å². The molecular weight excluding hydrogens is 164 g/mol. The number of hydrogen-bond acceptors (Lipinski definition) is 2. The second-order valence-corrected chi connectivity index (χ2v) is 2.65. The molecule has 0 fully saturated rings. The van der Waals surface area contributed by atoms with Gasteiger partial charge in [0, 0.05) is 24.5 Å². The Morgan fingerprint density at radius 3 is 2.85 bits per heavy atom. The van der Waals surface area contributed by atoms with Gasteiger partial charge in [0.2, 0.25) is 0 Å². The van der Waals surface area contributed by atoms with Gasteiger partial charge in [-0.05, 0) is 12.1 Å². The van der Waals surface area contributed by atoms with Crippen LogP contribution in [0.3, 0.4) is 0 Å². The van der Waals surface area contributed by atoms with Crippen LogP contribution in [-0.4, -0.2) is 9.97 Å². The van der Waals surface area contributed by atoms with Crippen LogP contribution in [0.2, 0.25) is 0 Å². The van der Waals surface area contributed by atoms with E-state index in [1.807, 2.05) is 18.2 Å². The summed E-state index contributed by atoms with van der Waals surface area (Å²) in [7, 11) is 0. The average molecular weight is 172 g/mol. The van der Waals surface area contributed by atoms with Crippen LogP contribution in [0.4, 0.5) is 0 Å². The van der Waals surface area contributed by atoms with Crippen LogP contribution >= 0.6 is 0 Å². The van der Waals surface area contributed by atoms with Gasteiger partial charge in [0.15, 0.2) is 5.43 Å². The van der Waals surface area contributed by atoms with E-state index < -0.39 is 0 Å². The topological polar surface area (TPSA) is 45.8 Å². The minimum atomic E-state index is -0.0144. The van der Waals surface area contributed by atoms with Gasteiger partial charge in [-0.3, -0.25) is 9.78 Å². The highest BCUT2D eigenvalue weighted by Gasteiger charge is 1.96. The Kier molecular flexibility index (Phi) is 1.92. The third kappa shape index (κ3) is 1.64. The van der Waals surface area contributed by atoms with Crippen molar-refractivity contribution in [3.63, 3.8) is 0 Å². The zero-order chi connectivity index (χ0) is 9.10. The molecule has 0 amide bonds. The molecule has 0 saturated heterocycles. The Morgan fingerprint density at radius 1 is 1.23 bits per heavy atom. The minimum Gasteiger partial charge on any atom is -0.360 e. The number of aromatic amines is 1. The molecule has 0 aliphatic carbocycles. The number of pyridine rings is 2. The van der Waals surface area contributed by atoms with Crippen molar-refractivity contribution in [1.82, 2.24) is 9.97 Å². The quantitative estimate of drug-likeness (QED) is 0.707. The fraction of sp³-hybridized carbons (Fsp3) is 0. The lowest BCUT2D eigenvalue weighted by Crippen LogP contribution is -1.98. The third-order valence-electron chi connectivity index (χ3n) is 1.71. The lowest BCUT2D eigenvalue weighted by atomic mass is 10.2. The first-order valence-electron chi connectivity index (χ1n) is 3.96. The first kappa shape index (κ1) is 7.73. The molecule has 0 radical (unpaired) electrons. The molecule has 1 N–H and O–H groups in total. The van der Waals surface area contributed by atoms with Crippen molar-refractivity contribution in [2.45, 2.75) is 0 Å². The summed E-state index contributed by atoms with van der Waals surface area (Å²) in [4.78, 5) is 18.1. The van der Waals surface area contributed by atoms with Crippen LogP contribution in [0.5, 0.6) is 0 Å². The summed E-state index contributed by atoms with van der Waals surface area (Å²) in [6, 6.07) is 8.58. The molecule has 0 aromatic carbocycles. The van der Waals surface area contributed by atoms with Gasteiger partial charge in [-0.2, -0.15) is 0 Å². The first-order valence-corrected chi connectivity index (χ1v) is 3.96. The summed E-state index contributed by atoms with van der Waals surface area (Å²) in [5, 5.41) is 0. The van der Waals surface area contributed by atoms with Gasteiger partial charge in [0.25, 0.3) is 0 Å². The summed E-state index contributed by atoms with van der Waals surface area (Å²) in [5.74, 6) is 0. The second kappa shape index (κ2) is 3.23. The normalized spacial score (nSPS) is 9.85. The molecule has 3 nitrogen and oxygen atoms in total. The molecule has 2 aromatic rings. The number of aromatic nitrogens is 2. The summed E-state index contributed by atoms with van der Waals surface area (Å²) >= 11 is 0. The summed E-state index contributed by atoms with van der Waals surface area (Å²) in [5.41, 5.74) is 1.51. The first-order chi connectivity index (χ1) is 6.36. The molecule has 0 aliphatic heterocycles. The largest absolute Gasteiger partial charge is 0.360 e. The molecule has 0 saturated carbocycles. The van der Waals surface area contributed by atoms with Gasteiger partial charge in [0.1, 0.15) is 0 Å². The highest BCUT2D eigenvalue weighted by Crippen LogP contribution is 2.09. The third-order valence-corrected chi connectivity index (χ3v) is 1.71. The highest BCUT2D eigenvalue weighted by molar-refractivity contribution is 5.52. The average Bonchev–Trinajstić information content (AvgIpc) is 2.19. The molecule has 2 rings (SSSR count). The van der Waals surface area contributed by atoms with E-state index in [1.165, 1.54) is 12.1 Å². The predicted molar refractivity (Wildman–Crippen MR) is 50.3 cm³/mol. The van der Waals surface area contributed by atoms with E-state index in [0.717, 1.165) is 11.4 Å². The zero-order valence-corrected chi connectivity index (χ0v) is 6.90. The van der Waals surface area contributed by atoms with Gasteiger partial charge in [-0.1, -0.05) is 6.07 Å². The van der Waals surface area contributed by atoms with Crippen LogP contribution in [0, 0.1) is 0 Å². The van der Waals surface area contributed by atoms with Gasteiger partial charge >= 0.3 is 0 Å². The number of H-pyrrole nitrogens is 1. The summed E-state index contributed by atoms with van der Waals surface area (Å²) in [6.45, 7) is 0. The number of nitrogens with zero attached hydrogens (tertiary/aromatic N) is 1. The standard InChI is InChI=1S/C10H8N2O/c13-8-4-6-12-10(7-8)9-3-1-2-5-11-9/h1-7H,(H,12,13). The van der Waals surface area contributed by atoms with Crippen molar-refractivity contribution in [1.29, 1.82) is 0 Å². The maximum atomic E-state index is 11.0. The van der Waals surface area contributed by atoms with Crippen molar-refractivity contribution in [2.24, 2.45) is 0 Å². The molecule has 64 valence electrons. The Balaban J connectivity index is 2.54. The maximum absolute atomic E-state index is 11.0. The molecule has 3 heteroatoms. The van der Waals surface area contributed by atoms with Crippen LogP contribution in [0.1, 0.15) is 0 Å². The van der Waals surface area contributed by atoms with Crippen molar-refractivity contribution >= 4 is 0 Å². The maximum Gasteiger partial charge on any atom is 0.182 e. The van der Waals surface area contributed by atoms with E-state index in [-0.39, 0.29) is 5.43 Å². The van der Waals surface area contributed by atoms with Crippen molar-refractivity contribution < 1.29 is 0 Å². The molecule has 13 heavy (non-hydrogen) atoms. The van der Waals surface area contributed by atoms with Gasteiger partial charge in [-0.15, -0.1) is 0 Å². The number of rotatable bonds is 1. The monoisotopic (exact) mass is 172 g/mol. The van der Waals surface area contributed by atoms with Crippen LogP contribution in [0.25, 0.3) is 11.4 Å². The van der Waals surface area contributed by atoms with Crippen molar-refractivity contribution in [2.75, 3.05) is 0 Å². The van der Waals surface area contributed by atoms with Gasteiger partial charge in [0.05, 0.1) is 11.4 Å². The van der Waals surface area contributed by atoms with E-state index in [4.69, 9.17) is 0 Å². The van der Waals surface area contributed by atoms with Crippen molar-refractivity contribution in [3.8, 4) is 11.4 Å². The smallest absolute Gasteiger partial charge is 0.182 e. The lowest BCUT2D eigenvalue weighted by Gasteiger charge is -1.97. The molecule has 2 aromatic heterocycles. The minimum absolute atomic E-state index is 0.0144. The number of nitrogens with one attached hydrogen (secondary N) is 1. The highest BCUT2D eigenvalue weighted by atomic mass is 16.1. The fourth-order valence-corrected chi connectivity index (χ4v) is 1.12. The fourth-order valence-electron chi connectivity index (χ4n) is 1.12. The van der Waals surface area contributed by atoms with E-state index in [1.54, 1.807) is 12.4 Å². The van der Waals surface area contributed by atoms with E-state index in [9.17, 15) is 4.79 Å². The summed E-state index contributed by atoms with van der Waals surface area (Å²) in [6.07, 6.45) is 3.31. The molecule has 0 bridgehead atoms.